The largest absolute Gasteiger partial charge is 0.438 e. The quantitative estimate of drug-likeness (QED) is 0.298. The average Bonchev–Trinajstić information content (AvgIpc) is 3.21. The summed E-state index contributed by atoms with van der Waals surface area (Å²) in [6, 6.07) is 6.41. The minimum atomic E-state index is -1.02. The molecule has 0 spiro atoms. The summed E-state index contributed by atoms with van der Waals surface area (Å²) in [7, 11) is 0. The van der Waals surface area contributed by atoms with Crippen molar-refractivity contribution < 1.29 is 14.3 Å². The monoisotopic (exact) mass is 432 g/mol. The number of amides is 1. The molecule has 8 heteroatoms. The molecule has 3 N–H and O–H groups in total. The van der Waals surface area contributed by atoms with Crippen LogP contribution in [0, 0.1) is 5.92 Å². The first kappa shape index (κ1) is 22.6. The van der Waals surface area contributed by atoms with E-state index >= 15 is 0 Å². The molecule has 1 heterocycles. The summed E-state index contributed by atoms with van der Waals surface area (Å²) in [6.07, 6.45) is 9.79. The van der Waals surface area contributed by atoms with Gasteiger partial charge in [0.05, 0.1) is 12.4 Å². The lowest BCUT2D eigenvalue weighted by Gasteiger charge is -2.26. The summed E-state index contributed by atoms with van der Waals surface area (Å²) in [5.74, 6) is 0.574. The molecule has 0 radical (unpaired) electrons. The Balaban J connectivity index is 1.68. The number of fused-ring (bicyclic) bond motifs is 1. The van der Waals surface area contributed by atoms with E-state index in [0.717, 1.165) is 19.3 Å². The first-order chi connectivity index (χ1) is 14.6. The first-order valence-electron chi connectivity index (χ1n) is 10.8. The normalized spacial score (nSPS) is 18.4. The Morgan fingerprint density at radius 1 is 1.37 bits per heavy atom. The van der Waals surface area contributed by atoms with E-state index in [2.05, 4.69) is 20.0 Å². The van der Waals surface area contributed by atoms with Gasteiger partial charge in [-0.3, -0.25) is 9.79 Å². The van der Waals surface area contributed by atoms with E-state index in [1.54, 1.807) is 6.34 Å². The Bertz CT molecular complexity index is 802. The van der Waals surface area contributed by atoms with Crippen LogP contribution in [-0.4, -0.2) is 40.7 Å². The number of hydrogen-bond donors (Lipinski definition) is 3. The van der Waals surface area contributed by atoms with Gasteiger partial charge in [0.2, 0.25) is 11.8 Å². The molecule has 1 aliphatic carbocycles. The van der Waals surface area contributed by atoms with Crippen molar-refractivity contribution in [1.82, 2.24) is 15.0 Å². The summed E-state index contributed by atoms with van der Waals surface area (Å²) < 4.78 is 8.67. The number of nitrogens with one attached hydrogen (secondary N) is 2. The van der Waals surface area contributed by atoms with Gasteiger partial charge in [-0.1, -0.05) is 63.1 Å². The molecule has 0 saturated heterocycles. The summed E-state index contributed by atoms with van der Waals surface area (Å²) >= 11 is 1.43. The van der Waals surface area contributed by atoms with Crippen molar-refractivity contribution >= 4 is 35.3 Å². The second kappa shape index (κ2) is 11.4. The van der Waals surface area contributed by atoms with Crippen LogP contribution in [0.2, 0.25) is 0 Å². The second-order valence-corrected chi connectivity index (χ2v) is 8.49. The molecule has 1 saturated carbocycles. The van der Waals surface area contributed by atoms with Crippen molar-refractivity contribution in [3.05, 3.63) is 30.2 Å². The number of oxazole rings is 1. The third kappa shape index (κ3) is 5.98. The standard InChI is InChI=1S/C22H32N4O3S/c1-3-16(20(27)22-26-17-11-7-8-12-19(17)29-22)25-21(28)18(23-14-24-30-2)13-15-9-5-4-6-10-15/h7-8,11-12,14-16,18,20,27H,3-6,9-10,13H2,1-2H3,(H,23,24)(H,25,28)/t16-,18-,20?/m0/s1. The first-order valence-corrected chi connectivity index (χ1v) is 12.0. The Hall–Kier alpha value is -2.06. The molecule has 3 atom stereocenters. The van der Waals surface area contributed by atoms with Gasteiger partial charge in [-0.25, -0.2) is 4.98 Å². The van der Waals surface area contributed by atoms with Crippen molar-refractivity contribution in [2.45, 2.75) is 70.1 Å². The van der Waals surface area contributed by atoms with E-state index in [0.29, 0.717) is 23.4 Å². The smallest absolute Gasteiger partial charge is 0.245 e. The number of carbonyl (C=O) groups is 1. The highest BCUT2D eigenvalue weighted by molar-refractivity contribution is 7.97. The molecule has 0 bridgehead atoms. The molecule has 1 aromatic carbocycles. The Morgan fingerprint density at radius 3 is 2.83 bits per heavy atom. The third-order valence-electron chi connectivity index (χ3n) is 5.72. The number of aliphatic hydroxyl groups is 1. The van der Waals surface area contributed by atoms with Gasteiger partial charge in [-0.2, -0.15) is 0 Å². The van der Waals surface area contributed by atoms with Crippen LogP contribution in [0.3, 0.4) is 0 Å². The lowest BCUT2D eigenvalue weighted by molar-refractivity contribution is -0.124. The molecule has 1 aliphatic rings. The Morgan fingerprint density at radius 2 is 2.13 bits per heavy atom. The molecule has 164 valence electrons. The van der Waals surface area contributed by atoms with Crippen LogP contribution in [0.25, 0.3) is 11.1 Å². The van der Waals surface area contributed by atoms with Crippen LogP contribution >= 0.6 is 11.9 Å². The number of aliphatic hydroxyl groups excluding tert-OH is 1. The zero-order valence-electron chi connectivity index (χ0n) is 17.7. The van der Waals surface area contributed by atoms with Crippen molar-refractivity contribution in [2.24, 2.45) is 10.9 Å². The van der Waals surface area contributed by atoms with Crippen LogP contribution in [0.15, 0.2) is 33.7 Å². The molecular weight excluding hydrogens is 400 g/mol. The molecule has 3 rings (SSSR count). The summed E-state index contributed by atoms with van der Waals surface area (Å²) in [6.45, 7) is 1.92. The fraction of sp³-hybridized carbons (Fsp3) is 0.591. The second-order valence-electron chi connectivity index (χ2n) is 7.84. The average molecular weight is 433 g/mol. The van der Waals surface area contributed by atoms with E-state index in [4.69, 9.17) is 4.42 Å². The summed E-state index contributed by atoms with van der Waals surface area (Å²) in [4.78, 5) is 21.9. The summed E-state index contributed by atoms with van der Waals surface area (Å²) in [5, 5.41) is 13.8. The van der Waals surface area contributed by atoms with Gasteiger partial charge in [0, 0.05) is 6.26 Å². The maximum Gasteiger partial charge on any atom is 0.245 e. The van der Waals surface area contributed by atoms with E-state index in [1.165, 1.54) is 31.2 Å². The Kier molecular flexibility index (Phi) is 8.57. The number of hydrogen-bond acceptors (Lipinski definition) is 6. The maximum absolute atomic E-state index is 13.1. The number of aliphatic imine (C=N–C) groups is 1. The lowest BCUT2D eigenvalue weighted by atomic mass is 9.84. The third-order valence-corrected chi connectivity index (χ3v) is 6.06. The molecule has 0 aliphatic heterocycles. The van der Waals surface area contributed by atoms with E-state index in [-0.39, 0.29) is 11.8 Å². The minimum Gasteiger partial charge on any atom is -0.438 e. The molecule has 1 fully saturated rings. The van der Waals surface area contributed by atoms with Crippen molar-refractivity contribution in [1.29, 1.82) is 0 Å². The number of benzene rings is 1. The fourth-order valence-corrected chi connectivity index (χ4v) is 4.19. The fourth-order valence-electron chi connectivity index (χ4n) is 4.02. The lowest BCUT2D eigenvalue weighted by Crippen LogP contribution is -2.44. The van der Waals surface area contributed by atoms with Crippen LogP contribution in [-0.2, 0) is 4.79 Å². The van der Waals surface area contributed by atoms with Gasteiger partial charge in [-0.15, -0.1) is 0 Å². The predicted octanol–water partition coefficient (Wildman–Crippen LogP) is 3.99. The minimum absolute atomic E-state index is 0.165. The van der Waals surface area contributed by atoms with Gasteiger partial charge in [0.15, 0.2) is 11.7 Å². The number of carbonyl (C=O) groups excluding carboxylic acids is 1. The molecule has 7 nitrogen and oxygen atoms in total. The van der Waals surface area contributed by atoms with Gasteiger partial charge >= 0.3 is 0 Å². The van der Waals surface area contributed by atoms with Crippen LogP contribution in [0.4, 0.5) is 0 Å². The molecule has 30 heavy (non-hydrogen) atoms. The van der Waals surface area contributed by atoms with Crippen LogP contribution in [0.5, 0.6) is 0 Å². The van der Waals surface area contributed by atoms with E-state index in [9.17, 15) is 9.90 Å². The number of rotatable bonds is 10. The van der Waals surface area contributed by atoms with Gasteiger partial charge in [-0.05, 0) is 30.9 Å². The van der Waals surface area contributed by atoms with Gasteiger partial charge in [0.1, 0.15) is 11.6 Å². The number of para-hydroxylation sites is 2. The molecular formula is C22H32N4O3S. The van der Waals surface area contributed by atoms with Crippen LogP contribution < -0.4 is 10.0 Å². The zero-order chi connectivity index (χ0) is 21.3. The van der Waals surface area contributed by atoms with Crippen LogP contribution in [0.1, 0.15) is 63.9 Å². The number of nitrogens with zero attached hydrogens (tertiary/aromatic N) is 2. The summed E-state index contributed by atoms with van der Waals surface area (Å²) in [5.41, 5.74) is 1.31. The van der Waals surface area contributed by atoms with E-state index < -0.39 is 18.2 Å². The molecule has 1 unspecified atom stereocenters. The van der Waals surface area contributed by atoms with E-state index in [1.807, 2.05) is 37.4 Å². The predicted molar refractivity (Wildman–Crippen MR) is 121 cm³/mol. The highest BCUT2D eigenvalue weighted by atomic mass is 32.2. The Labute approximate surface area is 182 Å². The molecule has 1 aromatic heterocycles. The highest BCUT2D eigenvalue weighted by Gasteiger charge is 2.30. The molecule has 1 amide bonds. The highest BCUT2D eigenvalue weighted by Crippen LogP contribution is 2.29. The number of aromatic nitrogens is 1. The zero-order valence-corrected chi connectivity index (χ0v) is 18.5. The van der Waals surface area contributed by atoms with Crippen molar-refractivity contribution in [3.8, 4) is 0 Å². The topological polar surface area (TPSA) is 99.8 Å². The van der Waals surface area contributed by atoms with Crippen molar-refractivity contribution in [2.75, 3.05) is 6.26 Å². The van der Waals surface area contributed by atoms with Gasteiger partial charge < -0.3 is 19.6 Å². The molecule has 2 aromatic rings. The van der Waals surface area contributed by atoms with Crippen molar-refractivity contribution in [3.63, 3.8) is 0 Å². The maximum atomic E-state index is 13.1. The van der Waals surface area contributed by atoms with Gasteiger partial charge in [0.25, 0.3) is 0 Å². The SMILES string of the molecule is CC[C@H](NC(=O)[C@H](CC1CCCCC1)N=CNSC)C(O)c1nc2ccccc2o1.